The van der Waals surface area contributed by atoms with Gasteiger partial charge in [0.1, 0.15) is 11.6 Å². The van der Waals surface area contributed by atoms with Crippen LogP contribution in [-0.2, 0) is 16.0 Å². The van der Waals surface area contributed by atoms with Crippen LogP contribution in [0.25, 0.3) is 11.3 Å². The molecule has 8 heteroatoms. The Morgan fingerprint density at radius 2 is 1.71 bits per heavy atom. The zero-order valence-electron chi connectivity index (χ0n) is 19.9. The van der Waals surface area contributed by atoms with Crippen molar-refractivity contribution in [1.82, 2.24) is 9.29 Å². The Morgan fingerprint density at radius 1 is 1.06 bits per heavy atom. The monoisotopic (exact) mass is 481 g/mol. The van der Waals surface area contributed by atoms with Crippen LogP contribution >= 0.6 is 10.8 Å². The first-order valence-corrected chi connectivity index (χ1v) is 12.8. The summed E-state index contributed by atoms with van der Waals surface area (Å²) in [7, 11) is 2.10. The van der Waals surface area contributed by atoms with Crippen molar-refractivity contribution in [3.8, 4) is 17.0 Å². The van der Waals surface area contributed by atoms with Crippen LogP contribution < -0.4 is 10.1 Å². The van der Waals surface area contributed by atoms with E-state index in [-0.39, 0.29) is 11.7 Å². The Morgan fingerprint density at radius 3 is 2.26 bits per heavy atom. The third-order valence-corrected chi connectivity index (χ3v) is 8.23. The number of hydrogen-bond donors (Lipinski definition) is 3. The van der Waals surface area contributed by atoms with Gasteiger partial charge >= 0.3 is 0 Å². The number of benzene rings is 2. The van der Waals surface area contributed by atoms with Gasteiger partial charge in [-0.1, -0.05) is 42.5 Å². The largest absolute Gasteiger partial charge is 0.497 e. The molecule has 1 aliphatic carbocycles. The number of hydrogen-bond acceptors (Lipinski definition) is 6. The normalized spacial score (nSPS) is 15.1. The van der Waals surface area contributed by atoms with Gasteiger partial charge in [-0.3, -0.25) is 13.9 Å². The van der Waals surface area contributed by atoms with E-state index in [4.69, 9.17) is 9.72 Å². The van der Waals surface area contributed by atoms with E-state index in [2.05, 4.69) is 5.32 Å². The molecule has 34 heavy (non-hydrogen) atoms. The Kier molecular flexibility index (Phi) is 6.69. The van der Waals surface area contributed by atoms with E-state index in [1.54, 1.807) is 21.2 Å². The maximum atomic E-state index is 13.2. The first-order chi connectivity index (χ1) is 16.1. The van der Waals surface area contributed by atoms with Crippen LogP contribution in [0, 0.1) is 6.92 Å². The van der Waals surface area contributed by atoms with Crippen LogP contribution in [0.2, 0.25) is 0 Å². The highest BCUT2D eigenvalue weighted by atomic mass is 32.3. The molecule has 0 atom stereocenters. The van der Waals surface area contributed by atoms with Crippen molar-refractivity contribution in [3.05, 3.63) is 77.4 Å². The van der Waals surface area contributed by atoms with Crippen molar-refractivity contribution in [2.24, 2.45) is 0 Å². The SMILES string of the molecule is COc1ccc(C2(C(=O)Nc3ccc(C)c(-c4ccc(CS(O)(O)N(C)C)cc4)n3)CC2)cc1. The minimum Gasteiger partial charge on any atom is -0.497 e. The molecule has 180 valence electrons. The molecule has 0 aliphatic heterocycles. The number of amides is 1. The highest BCUT2D eigenvalue weighted by molar-refractivity contribution is 8.21. The van der Waals surface area contributed by atoms with Gasteiger partial charge in [-0.15, -0.1) is 10.8 Å². The summed E-state index contributed by atoms with van der Waals surface area (Å²) < 4.78 is 27.0. The molecule has 0 spiro atoms. The molecular weight excluding hydrogens is 450 g/mol. The molecule has 0 unspecified atom stereocenters. The molecule has 0 bridgehead atoms. The van der Waals surface area contributed by atoms with Crippen LogP contribution in [0.15, 0.2) is 60.7 Å². The third-order valence-electron chi connectivity index (χ3n) is 6.34. The molecule has 2 aromatic carbocycles. The second-order valence-electron chi connectivity index (χ2n) is 8.91. The summed E-state index contributed by atoms with van der Waals surface area (Å²) in [6.07, 6.45) is 1.61. The number of anilines is 1. The van der Waals surface area contributed by atoms with Crippen molar-refractivity contribution < 1.29 is 18.6 Å². The van der Waals surface area contributed by atoms with Crippen LogP contribution in [0.3, 0.4) is 0 Å². The number of aryl methyl sites for hydroxylation is 1. The summed E-state index contributed by atoms with van der Waals surface area (Å²) in [6.45, 7) is 1.98. The number of nitrogens with one attached hydrogen (secondary N) is 1. The number of aromatic nitrogens is 1. The number of rotatable bonds is 8. The predicted molar refractivity (Wildman–Crippen MR) is 137 cm³/mol. The Hall–Kier alpha value is -2.91. The summed E-state index contributed by atoms with van der Waals surface area (Å²) in [5, 5.41) is 3.01. The third kappa shape index (κ3) is 4.95. The smallest absolute Gasteiger partial charge is 0.236 e. The standard InChI is InChI=1S/C26H31N3O4S/c1-18-5-14-23(28-25(30)26(15-16-26)21-10-12-22(33-4)13-11-21)27-24(18)20-8-6-19(7-9-20)17-34(31,32)29(2)3/h5-14,31-32H,15-17H2,1-4H3,(H,27,28,30). The lowest BCUT2D eigenvalue weighted by Crippen LogP contribution is -2.28. The molecule has 0 saturated heterocycles. The number of carbonyl (C=O) groups excluding carboxylic acids is 1. The number of pyridine rings is 1. The van der Waals surface area contributed by atoms with Crippen LogP contribution in [0.1, 0.15) is 29.5 Å². The molecule has 7 nitrogen and oxygen atoms in total. The zero-order chi connectivity index (χ0) is 24.5. The van der Waals surface area contributed by atoms with Crippen molar-refractivity contribution in [2.45, 2.75) is 30.9 Å². The molecule has 4 rings (SSSR count). The summed E-state index contributed by atoms with van der Waals surface area (Å²) >= 11 is 0. The van der Waals surface area contributed by atoms with Gasteiger partial charge in [0.25, 0.3) is 0 Å². The van der Waals surface area contributed by atoms with Crippen molar-refractivity contribution in [3.63, 3.8) is 0 Å². The van der Waals surface area contributed by atoms with Gasteiger partial charge in [0.2, 0.25) is 5.91 Å². The van der Waals surface area contributed by atoms with E-state index in [9.17, 15) is 13.9 Å². The molecule has 1 amide bonds. The van der Waals surface area contributed by atoms with Crippen molar-refractivity contribution in [2.75, 3.05) is 26.5 Å². The second kappa shape index (κ2) is 9.38. The van der Waals surface area contributed by atoms with Gasteiger partial charge in [-0.25, -0.2) is 9.29 Å². The van der Waals surface area contributed by atoms with Gasteiger partial charge in [-0.05, 0) is 54.7 Å². The molecule has 3 N–H and O–H groups in total. The van der Waals surface area contributed by atoms with Crippen LogP contribution in [0.5, 0.6) is 5.75 Å². The first kappa shape index (κ1) is 24.2. The van der Waals surface area contributed by atoms with Crippen LogP contribution in [-0.4, -0.2) is 45.5 Å². The average Bonchev–Trinajstić information content (AvgIpc) is 3.63. The molecule has 1 fully saturated rings. The second-order valence-corrected chi connectivity index (χ2v) is 11.2. The molecule has 1 aromatic heterocycles. The summed E-state index contributed by atoms with van der Waals surface area (Å²) in [5.74, 6) is 1.39. The van der Waals surface area contributed by atoms with E-state index in [0.717, 1.165) is 46.5 Å². The van der Waals surface area contributed by atoms with Gasteiger partial charge in [0, 0.05) is 19.7 Å². The molecular formula is C26H31N3O4S. The van der Waals surface area contributed by atoms with Gasteiger partial charge in [0.15, 0.2) is 0 Å². The van der Waals surface area contributed by atoms with E-state index < -0.39 is 16.2 Å². The van der Waals surface area contributed by atoms with Gasteiger partial charge in [0.05, 0.1) is 24.0 Å². The fourth-order valence-electron chi connectivity index (χ4n) is 3.92. The quantitative estimate of drug-likeness (QED) is 0.395. The first-order valence-electron chi connectivity index (χ1n) is 11.1. The Bertz CT molecular complexity index is 1170. The molecule has 0 radical (unpaired) electrons. The Balaban J connectivity index is 1.51. The fraction of sp³-hybridized carbons (Fsp3) is 0.308. The average molecular weight is 482 g/mol. The number of nitrogens with zero attached hydrogens (tertiary/aromatic N) is 2. The molecule has 1 heterocycles. The lowest BCUT2D eigenvalue weighted by Gasteiger charge is -2.38. The molecule has 3 aromatic rings. The summed E-state index contributed by atoms with van der Waals surface area (Å²) in [6, 6.07) is 19.0. The molecule has 1 aliphatic rings. The van der Waals surface area contributed by atoms with E-state index in [1.807, 2.05) is 67.6 Å². The highest BCUT2D eigenvalue weighted by Gasteiger charge is 2.51. The number of carbonyl (C=O) groups is 1. The van der Waals surface area contributed by atoms with Crippen molar-refractivity contribution in [1.29, 1.82) is 0 Å². The van der Waals surface area contributed by atoms with E-state index in [1.165, 1.54) is 4.31 Å². The maximum absolute atomic E-state index is 13.2. The van der Waals surface area contributed by atoms with Gasteiger partial charge < -0.3 is 10.1 Å². The predicted octanol–water partition coefficient (Wildman–Crippen LogP) is 5.46. The van der Waals surface area contributed by atoms with Crippen molar-refractivity contribution >= 4 is 22.5 Å². The Labute approximate surface area is 202 Å². The maximum Gasteiger partial charge on any atom is 0.236 e. The van der Waals surface area contributed by atoms with E-state index >= 15 is 0 Å². The summed E-state index contributed by atoms with van der Waals surface area (Å²) in [5.41, 5.74) is 3.95. The van der Waals surface area contributed by atoms with E-state index in [0.29, 0.717) is 5.82 Å². The minimum absolute atomic E-state index is 0.0517. The lowest BCUT2D eigenvalue weighted by molar-refractivity contribution is -0.118. The minimum atomic E-state index is -2.83. The highest BCUT2D eigenvalue weighted by Crippen LogP contribution is 2.49. The topological polar surface area (TPSA) is 94.9 Å². The number of methoxy groups -OCH3 is 1. The fourth-order valence-corrected chi connectivity index (χ4v) is 4.82. The number of ether oxygens (including phenoxy) is 1. The lowest BCUT2D eigenvalue weighted by atomic mass is 9.95. The van der Waals surface area contributed by atoms with Gasteiger partial charge in [-0.2, -0.15) is 0 Å². The molecule has 1 saturated carbocycles. The van der Waals surface area contributed by atoms with Crippen LogP contribution in [0.4, 0.5) is 5.82 Å². The summed E-state index contributed by atoms with van der Waals surface area (Å²) in [4.78, 5) is 17.9. The zero-order valence-corrected chi connectivity index (χ0v) is 20.7.